The molecule has 1 aromatic carbocycles. The summed E-state index contributed by atoms with van der Waals surface area (Å²) in [5, 5.41) is 3.55. The fourth-order valence-corrected chi connectivity index (χ4v) is 2.20. The van der Waals surface area contributed by atoms with Crippen LogP contribution in [0, 0.1) is 5.92 Å². The van der Waals surface area contributed by atoms with Crippen LogP contribution >= 0.6 is 0 Å². The van der Waals surface area contributed by atoms with Gasteiger partial charge in [-0.05, 0) is 37.7 Å². The van der Waals surface area contributed by atoms with E-state index in [1.807, 2.05) is 0 Å². The van der Waals surface area contributed by atoms with Gasteiger partial charge < -0.3 is 10.1 Å². The van der Waals surface area contributed by atoms with Crippen molar-refractivity contribution in [3.05, 3.63) is 29.8 Å². The molecule has 92 valence electrons. The molecular weight excluding hydrogens is 210 g/mol. The lowest BCUT2D eigenvalue weighted by Gasteiger charge is -2.25. The lowest BCUT2D eigenvalue weighted by Crippen LogP contribution is -2.20. The summed E-state index contributed by atoms with van der Waals surface area (Å²) in [6, 6.07) is 9.19. The minimum absolute atomic E-state index is 0.759. The van der Waals surface area contributed by atoms with Gasteiger partial charge in [-0.3, -0.25) is 0 Å². The minimum atomic E-state index is 0.759. The molecule has 1 N–H and O–H groups in total. The number of hydrogen-bond acceptors (Lipinski definition) is 2. The summed E-state index contributed by atoms with van der Waals surface area (Å²) in [5.74, 6) is 1.88. The molecule has 17 heavy (non-hydrogen) atoms. The average Bonchev–Trinajstić information content (AvgIpc) is 3.09. The minimum Gasteiger partial charge on any atom is -0.493 e. The van der Waals surface area contributed by atoms with Crippen LogP contribution in [-0.4, -0.2) is 12.6 Å². The van der Waals surface area contributed by atoms with Crippen LogP contribution < -0.4 is 10.1 Å². The summed E-state index contributed by atoms with van der Waals surface area (Å²) < 4.78 is 5.95. The zero-order chi connectivity index (χ0) is 11.5. The highest BCUT2D eigenvalue weighted by molar-refractivity contribution is 5.33. The van der Waals surface area contributed by atoms with Crippen LogP contribution in [0.4, 0.5) is 0 Å². The zero-order valence-corrected chi connectivity index (χ0v) is 10.3. The van der Waals surface area contributed by atoms with E-state index in [1.165, 1.54) is 37.7 Å². The molecular formula is C15H21NO. The van der Waals surface area contributed by atoms with Gasteiger partial charge in [-0.1, -0.05) is 24.6 Å². The molecule has 3 rings (SSSR count). The largest absolute Gasteiger partial charge is 0.493 e. The van der Waals surface area contributed by atoms with Crippen molar-refractivity contribution in [3.63, 3.8) is 0 Å². The second-order valence-corrected chi connectivity index (χ2v) is 5.37. The quantitative estimate of drug-likeness (QED) is 0.812. The van der Waals surface area contributed by atoms with Crippen LogP contribution in [0.2, 0.25) is 0 Å². The summed E-state index contributed by atoms with van der Waals surface area (Å²) in [7, 11) is 0. The summed E-state index contributed by atoms with van der Waals surface area (Å²) in [4.78, 5) is 0. The standard InChI is InChI=1S/C15H21NO/c1-2-7-15(17-11-12-4-3-5-12)13(6-1)10-16-14-8-9-14/h1-2,6-7,12,14,16H,3-5,8-11H2. The van der Waals surface area contributed by atoms with Gasteiger partial charge in [0.2, 0.25) is 0 Å². The maximum Gasteiger partial charge on any atom is 0.123 e. The summed E-state index contributed by atoms with van der Waals surface area (Å²) >= 11 is 0. The smallest absolute Gasteiger partial charge is 0.123 e. The Morgan fingerprint density at radius 2 is 1.94 bits per heavy atom. The van der Waals surface area contributed by atoms with Crippen molar-refractivity contribution >= 4 is 0 Å². The molecule has 0 aliphatic heterocycles. The van der Waals surface area contributed by atoms with Gasteiger partial charge >= 0.3 is 0 Å². The van der Waals surface area contributed by atoms with Crippen molar-refractivity contribution in [2.75, 3.05) is 6.61 Å². The molecule has 0 aromatic heterocycles. The first-order valence-corrected chi connectivity index (χ1v) is 6.86. The first kappa shape index (κ1) is 11.1. The van der Waals surface area contributed by atoms with Crippen molar-refractivity contribution in [1.29, 1.82) is 0 Å². The van der Waals surface area contributed by atoms with Crippen molar-refractivity contribution in [2.45, 2.75) is 44.7 Å². The predicted molar refractivity (Wildman–Crippen MR) is 69.1 cm³/mol. The first-order chi connectivity index (χ1) is 8.42. The topological polar surface area (TPSA) is 21.3 Å². The van der Waals surface area contributed by atoms with Crippen molar-refractivity contribution in [1.82, 2.24) is 5.32 Å². The van der Waals surface area contributed by atoms with E-state index in [2.05, 4.69) is 29.6 Å². The molecule has 2 aliphatic rings. The van der Waals surface area contributed by atoms with E-state index in [0.717, 1.165) is 30.9 Å². The molecule has 0 unspecified atom stereocenters. The van der Waals surface area contributed by atoms with E-state index in [0.29, 0.717) is 0 Å². The maximum atomic E-state index is 5.95. The van der Waals surface area contributed by atoms with Crippen LogP contribution in [0.5, 0.6) is 5.75 Å². The van der Waals surface area contributed by atoms with Crippen molar-refractivity contribution in [2.24, 2.45) is 5.92 Å². The van der Waals surface area contributed by atoms with E-state index < -0.39 is 0 Å². The molecule has 2 aliphatic carbocycles. The lowest BCUT2D eigenvalue weighted by molar-refractivity contribution is 0.179. The molecule has 2 fully saturated rings. The van der Waals surface area contributed by atoms with Gasteiger partial charge in [0.15, 0.2) is 0 Å². The van der Waals surface area contributed by atoms with Crippen LogP contribution in [0.1, 0.15) is 37.7 Å². The summed E-state index contributed by atoms with van der Waals surface area (Å²) in [6.45, 7) is 1.85. The molecule has 0 saturated heterocycles. The van der Waals surface area contributed by atoms with Crippen molar-refractivity contribution < 1.29 is 4.74 Å². The number of ether oxygens (including phenoxy) is 1. The third-order valence-corrected chi connectivity index (χ3v) is 3.83. The molecule has 2 saturated carbocycles. The maximum absolute atomic E-state index is 5.95. The molecule has 0 heterocycles. The molecule has 0 amide bonds. The SMILES string of the molecule is c1ccc(OCC2CCC2)c(CNC2CC2)c1. The van der Waals surface area contributed by atoms with E-state index in [1.54, 1.807) is 0 Å². The van der Waals surface area contributed by atoms with Crippen molar-refractivity contribution in [3.8, 4) is 5.75 Å². The van der Waals surface area contributed by atoms with Crippen LogP contribution in [0.3, 0.4) is 0 Å². The Morgan fingerprint density at radius 3 is 2.65 bits per heavy atom. The molecule has 0 radical (unpaired) electrons. The van der Waals surface area contributed by atoms with Gasteiger partial charge in [-0.2, -0.15) is 0 Å². The first-order valence-electron chi connectivity index (χ1n) is 6.86. The van der Waals surface area contributed by atoms with E-state index >= 15 is 0 Å². The molecule has 0 bridgehead atoms. The van der Waals surface area contributed by atoms with Gasteiger partial charge in [0.1, 0.15) is 5.75 Å². The molecule has 0 spiro atoms. The zero-order valence-electron chi connectivity index (χ0n) is 10.3. The summed E-state index contributed by atoms with van der Waals surface area (Å²) in [5.41, 5.74) is 1.30. The lowest BCUT2D eigenvalue weighted by atomic mass is 9.86. The molecule has 2 nitrogen and oxygen atoms in total. The second kappa shape index (κ2) is 5.09. The number of benzene rings is 1. The number of rotatable bonds is 6. The fourth-order valence-electron chi connectivity index (χ4n) is 2.20. The van der Waals surface area contributed by atoms with E-state index in [4.69, 9.17) is 4.74 Å². The van der Waals surface area contributed by atoms with Crippen LogP contribution in [0.25, 0.3) is 0 Å². The fraction of sp³-hybridized carbons (Fsp3) is 0.600. The third kappa shape index (κ3) is 3.01. The van der Waals surface area contributed by atoms with Gasteiger partial charge in [0.25, 0.3) is 0 Å². The Morgan fingerprint density at radius 1 is 1.12 bits per heavy atom. The highest BCUT2D eigenvalue weighted by Crippen LogP contribution is 2.28. The predicted octanol–water partition coefficient (Wildman–Crippen LogP) is 3.12. The van der Waals surface area contributed by atoms with Gasteiger partial charge in [-0.25, -0.2) is 0 Å². The average molecular weight is 231 g/mol. The Labute approximate surface area is 103 Å². The molecule has 2 heteroatoms. The van der Waals surface area contributed by atoms with Gasteiger partial charge in [0, 0.05) is 18.2 Å². The highest BCUT2D eigenvalue weighted by atomic mass is 16.5. The number of para-hydroxylation sites is 1. The highest BCUT2D eigenvalue weighted by Gasteiger charge is 2.21. The normalized spacial score (nSPS) is 20.0. The molecule has 0 atom stereocenters. The summed E-state index contributed by atoms with van der Waals surface area (Å²) in [6.07, 6.45) is 6.76. The Bertz CT molecular complexity index is 369. The number of hydrogen-bond donors (Lipinski definition) is 1. The Hall–Kier alpha value is -1.02. The third-order valence-electron chi connectivity index (χ3n) is 3.83. The van der Waals surface area contributed by atoms with Gasteiger partial charge in [0.05, 0.1) is 6.61 Å². The molecule has 1 aromatic rings. The monoisotopic (exact) mass is 231 g/mol. The second-order valence-electron chi connectivity index (χ2n) is 5.37. The van der Waals surface area contributed by atoms with Crippen LogP contribution in [0.15, 0.2) is 24.3 Å². The van der Waals surface area contributed by atoms with Gasteiger partial charge in [-0.15, -0.1) is 0 Å². The van der Waals surface area contributed by atoms with E-state index in [9.17, 15) is 0 Å². The number of nitrogens with one attached hydrogen (secondary N) is 1. The Balaban J connectivity index is 1.55. The van der Waals surface area contributed by atoms with E-state index in [-0.39, 0.29) is 0 Å². The van der Waals surface area contributed by atoms with Crippen LogP contribution in [-0.2, 0) is 6.54 Å². The Kier molecular flexibility index (Phi) is 3.32.